The fourth-order valence-corrected chi connectivity index (χ4v) is 1.77. The first-order chi connectivity index (χ1) is 9.04. The molecule has 20 heavy (non-hydrogen) atoms. The lowest BCUT2D eigenvalue weighted by Gasteiger charge is -2.28. The lowest BCUT2D eigenvalue weighted by molar-refractivity contribution is -0.144. The van der Waals surface area contributed by atoms with Crippen LogP contribution in [0.2, 0.25) is 0 Å². The number of carbonyl (C=O) groups is 2. The number of aromatic nitrogens is 1. The normalized spacial score (nSPS) is 14.2. The molecule has 1 unspecified atom stereocenters. The summed E-state index contributed by atoms with van der Waals surface area (Å²) >= 11 is 3.17. The molecule has 1 amide bonds. The highest BCUT2D eigenvalue weighted by Crippen LogP contribution is 2.22. The molecule has 0 aliphatic heterocycles. The fraction of sp³-hybridized carbons (Fsp3) is 0.462. The number of alkyl carbamates (subject to hydrolysis) is 1. The minimum absolute atomic E-state index is 0.199. The van der Waals surface area contributed by atoms with Gasteiger partial charge in [0.25, 0.3) is 0 Å². The molecule has 0 aliphatic rings. The lowest BCUT2D eigenvalue weighted by atomic mass is 9.97. The Morgan fingerprint density at radius 1 is 1.30 bits per heavy atom. The maximum atomic E-state index is 11.8. The number of carboxylic acids is 1. The van der Waals surface area contributed by atoms with Crippen molar-refractivity contribution in [2.24, 2.45) is 0 Å². The Morgan fingerprint density at radius 2 is 1.90 bits per heavy atom. The molecular formula is C13H17BrN2O4. The average molecular weight is 345 g/mol. The number of ether oxygens (including phenoxy) is 1. The number of aliphatic carboxylic acids is 1. The van der Waals surface area contributed by atoms with Gasteiger partial charge in [-0.2, -0.15) is 0 Å². The van der Waals surface area contributed by atoms with Crippen molar-refractivity contribution in [2.45, 2.75) is 38.8 Å². The molecule has 0 saturated carbocycles. The Balaban J connectivity index is 3.05. The van der Waals surface area contributed by atoms with Crippen LogP contribution in [0, 0.1) is 0 Å². The zero-order valence-corrected chi connectivity index (χ0v) is 13.3. The third-order valence-electron chi connectivity index (χ3n) is 2.41. The Kier molecular flexibility index (Phi) is 4.75. The van der Waals surface area contributed by atoms with Gasteiger partial charge in [-0.1, -0.05) is 6.07 Å². The summed E-state index contributed by atoms with van der Waals surface area (Å²) in [5.74, 6) is -1.23. The van der Waals surface area contributed by atoms with Gasteiger partial charge in [-0.15, -0.1) is 0 Å². The van der Waals surface area contributed by atoms with Crippen LogP contribution in [0.1, 0.15) is 33.4 Å². The van der Waals surface area contributed by atoms with Crippen LogP contribution in [0.3, 0.4) is 0 Å². The molecule has 2 N–H and O–H groups in total. The van der Waals surface area contributed by atoms with E-state index in [0.717, 1.165) is 0 Å². The Hall–Kier alpha value is -1.63. The summed E-state index contributed by atoms with van der Waals surface area (Å²) < 4.78 is 5.56. The molecule has 6 nitrogen and oxygen atoms in total. The molecule has 0 saturated heterocycles. The topological polar surface area (TPSA) is 88.5 Å². The molecule has 1 rings (SSSR count). The summed E-state index contributed by atoms with van der Waals surface area (Å²) in [7, 11) is 0. The van der Waals surface area contributed by atoms with Gasteiger partial charge in [0, 0.05) is 0 Å². The monoisotopic (exact) mass is 344 g/mol. The molecule has 1 heterocycles. The molecular weight excluding hydrogens is 328 g/mol. The first kappa shape index (κ1) is 16.4. The number of rotatable bonds is 3. The Bertz CT molecular complexity index is 527. The van der Waals surface area contributed by atoms with Gasteiger partial charge in [-0.3, -0.25) is 0 Å². The Labute approximate surface area is 125 Å². The molecule has 0 spiro atoms. The van der Waals surface area contributed by atoms with Crippen LogP contribution in [0.15, 0.2) is 22.8 Å². The van der Waals surface area contributed by atoms with Crippen molar-refractivity contribution < 1.29 is 19.4 Å². The van der Waals surface area contributed by atoms with Crippen LogP contribution in [-0.4, -0.2) is 27.8 Å². The van der Waals surface area contributed by atoms with Crippen LogP contribution in [0.25, 0.3) is 0 Å². The average Bonchev–Trinajstić information content (AvgIpc) is 2.25. The highest BCUT2D eigenvalue weighted by atomic mass is 79.9. The molecule has 110 valence electrons. The number of carboxylic acid groups (broad SMARTS) is 1. The maximum Gasteiger partial charge on any atom is 0.408 e. The van der Waals surface area contributed by atoms with E-state index in [1.165, 1.54) is 13.0 Å². The maximum absolute atomic E-state index is 11.8. The number of nitrogens with one attached hydrogen (secondary N) is 1. The van der Waals surface area contributed by atoms with Crippen LogP contribution >= 0.6 is 15.9 Å². The molecule has 0 fully saturated rings. The molecule has 0 radical (unpaired) electrons. The fourth-order valence-electron chi connectivity index (χ4n) is 1.42. The summed E-state index contributed by atoms with van der Waals surface area (Å²) in [6, 6.07) is 4.83. The van der Waals surface area contributed by atoms with Crippen molar-refractivity contribution in [3.63, 3.8) is 0 Å². The van der Waals surface area contributed by atoms with Crippen molar-refractivity contribution >= 4 is 28.0 Å². The van der Waals surface area contributed by atoms with Crippen LogP contribution in [0.4, 0.5) is 4.79 Å². The second-order valence-electron chi connectivity index (χ2n) is 5.40. The summed E-state index contributed by atoms with van der Waals surface area (Å²) in [5, 5.41) is 11.7. The van der Waals surface area contributed by atoms with Gasteiger partial charge in [-0.05, 0) is 55.8 Å². The molecule has 1 aromatic rings. The number of hydrogen-bond donors (Lipinski definition) is 2. The first-order valence-corrected chi connectivity index (χ1v) is 6.71. The SMILES string of the molecule is CC(C)(C)OC(=O)NC(C)(C(=O)O)c1cccc(Br)n1. The van der Waals surface area contributed by atoms with Crippen molar-refractivity contribution in [1.29, 1.82) is 0 Å². The van der Waals surface area contributed by atoms with E-state index in [-0.39, 0.29) is 5.69 Å². The standard InChI is InChI=1S/C13H17BrN2O4/c1-12(2,3)20-11(19)16-13(4,10(17)18)8-6-5-7-9(14)15-8/h5-7H,1-4H3,(H,16,19)(H,17,18). The van der Waals surface area contributed by atoms with E-state index in [4.69, 9.17) is 4.74 Å². The second-order valence-corrected chi connectivity index (χ2v) is 6.22. The lowest BCUT2D eigenvalue weighted by Crippen LogP contribution is -2.51. The molecule has 0 aromatic carbocycles. The largest absolute Gasteiger partial charge is 0.479 e. The summed E-state index contributed by atoms with van der Waals surface area (Å²) in [5.41, 5.74) is -2.19. The van der Waals surface area contributed by atoms with Crippen LogP contribution < -0.4 is 5.32 Å². The van der Waals surface area contributed by atoms with Crippen molar-refractivity contribution in [1.82, 2.24) is 10.3 Å². The highest BCUT2D eigenvalue weighted by molar-refractivity contribution is 9.10. The number of nitrogens with zero attached hydrogens (tertiary/aromatic N) is 1. The van der Waals surface area contributed by atoms with E-state index in [2.05, 4.69) is 26.2 Å². The van der Waals surface area contributed by atoms with Gasteiger partial charge in [0.1, 0.15) is 10.2 Å². The van der Waals surface area contributed by atoms with Crippen molar-refractivity contribution in [3.05, 3.63) is 28.5 Å². The van der Waals surface area contributed by atoms with Gasteiger partial charge in [0.15, 0.2) is 5.54 Å². The zero-order valence-electron chi connectivity index (χ0n) is 11.7. The molecule has 0 bridgehead atoms. The Morgan fingerprint density at radius 3 is 2.35 bits per heavy atom. The van der Waals surface area contributed by atoms with E-state index in [1.807, 2.05) is 0 Å². The minimum atomic E-state index is -1.67. The molecule has 1 atom stereocenters. The summed E-state index contributed by atoms with van der Waals surface area (Å²) in [4.78, 5) is 27.4. The van der Waals surface area contributed by atoms with Crippen LogP contribution in [0.5, 0.6) is 0 Å². The van der Waals surface area contributed by atoms with Crippen LogP contribution in [-0.2, 0) is 15.1 Å². The predicted molar refractivity (Wildman–Crippen MR) is 76.3 cm³/mol. The van der Waals surface area contributed by atoms with Gasteiger partial charge < -0.3 is 15.2 Å². The molecule has 7 heteroatoms. The van der Waals surface area contributed by atoms with Gasteiger partial charge in [-0.25, -0.2) is 14.6 Å². The first-order valence-electron chi connectivity index (χ1n) is 5.92. The zero-order chi connectivity index (χ0) is 15.6. The van der Waals surface area contributed by atoms with Gasteiger partial charge >= 0.3 is 12.1 Å². The van der Waals surface area contributed by atoms with Gasteiger partial charge in [0.2, 0.25) is 0 Å². The smallest absolute Gasteiger partial charge is 0.408 e. The van der Waals surface area contributed by atoms with Crippen molar-refractivity contribution in [3.8, 4) is 0 Å². The number of halogens is 1. The minimum Gasteiger partial charge on any atom is -0.479 e. The van der Waals surface area contributed by atoms with E-state index >= 15 is 0 Å². The third-order valence-corrected chi connectivity index (χ3v) is 2.85. The van der Waals surface area contributed by atoms with E-state index in [1.54, 1.807) is 32.9 Å². The molecule has 0 aliphatic carbocycles. The van der Waals surface area contributed by atoms with E-state index in [9.17, 15) is 14.7 Å². The number of pyridine rings is 1. The molecule has 1 aromatic heterocycles. The number of carbonyl (C=O) groups excluding carboxylic acids is 1. The summed E-state index contributed by atoms with van der Waals surface area (Å²) in [6.45, 7) is 6.44. The van der Waals surface area contributed by atoms with Crippen molar-refractivity contribution in [2.75, 3.05) is 0 Å². The van der Waals surface area contributed by atoms with E-state index < -0.39 is 23.2 Å². The predicted octanol–water partition coefficient (Wildman–Crippen LogP) is 2.67. The van der Waals surface area contributed by atoms with Gasteiger partial charge in [0.05, 0.1) is 5.69 Å². The highest BCUT2D eigenvalue weighted by Gasteiger charge is 2.39. The van der Waals surface area contributed by atoms with E-state index in [0.29, 0.717) is 4.60 Å². The summed E-state index contributed by atoms with van der Waals surface area (Å²) in [6.07, 6.45) is -0.816. The second kappa shape index (κ2) is 5.78. The number of hydrogen-bond acceptors (Lipinski definition) is 4. The number of amides is 1. The quantitative estimate of drug-likeness (QED) is 0.823. The third kappa shape index (κ3) is 4.19.